The largest absolute Gasteiger partial charge is 0.357 e. The van der Waals surface area contributed by atoms with E-state index in [9.17, 15) is 9.18 Å². The molecule has 0 atom stereocenters. The molecule has 2 rings (SSSR count). The first-order valence-electron chi connectivity index (χ1n) is 8.88. The number of halogens is 2. The molecule has 1 aromatic carbocycles. The first kappa shape index (κ1) is 22.7. The van der Waals surface area contributed by atoms with E-state index in [2.05, 4.69) is 24.1 Å². The van der Waals surface area contributed by atoms with Crippen LogP contribution in [0.15, 0.2) is 29.3 Å². The van der Waals surface area contributed by atoms with Crippen LogP contribution in [0.5, 0.6) is 0 Å². The lowest BCUT2D eigenvalue weighted by Gasteiger charge is -2.36. The maximum Gasteiger partial charge on any atom is 0.219 e. The molecule has 5 nitrogen and oxygen atoms in total. The summed E-state index contributed by atoms with van der Waals surface area (Å²) in [5, 5.41) is 3.33. The van der Waals surface area contributed by atoms with E-state index in [1.807, 2.05) is 17.9 Å². The van der Waals surface area contributed by atoms with Gasteiger partial charge in [0.25, 0.3) is 0 Å². The van der Waals surface area contributed by atoms with Gasteiger partial charge < -0.3 is 15.1 Å². The summed E-state index contributed by atoms with van der Waals surface area (Å²) < 4.78 is 13.5. The lowest BCUT2D eigenvalue weighted by Crippen LogP contribution is -2.53. The van der Waals surface area contributed by atoms with Crippen molar-refractivity contribution in [2.75, 3.05) is 39.3 Å². The van der Waals surface area contributed by atoms with Gasteiger partial charge in [0.05, 0.1) is 6.54 Å². The Morgan fingerprint density at radius 2 is 1.85 bits per heavy atom. The van der Waals surface area contributed by atoms with E-state index in [0.717, 1.165) is 31.2 Å². The molecule has 0 aliphatic carbocycles. The number of carbonyl (C=O) groups is 1. The molecular weight excluding hydrogens is 446 g/mol. The molecule has 1 N–H and O–H groups in total. The zero-order valence-electron chi connectivity index (χ0n) is 16.1. The van der Waals surface area contributed by atoms with Gasteiger partial charge in [0, 0.05) is 45.1 Å². The number of piperazine rings is 1. The van der Waals surface area contributed by atoms with Crippen molar-refractivity contribution in [3.8, 4) is 0 Å². The fourth-order valence-electron chi connectivity index (χ4n) is 2.93. The number of hydrogen-bond donors (Lipinski definition) is 1. The number of nitrogens with zero attached hydrogens (tertiary/aromatic N) is 3. The van der Waals surface area contributed by atoms with Gasteiger partial charge in [-0.2, -0.15) is 0 Å². The van der Waals surface area contributed by atoms with Crippen LogP contribution in [0.25, 0.3) is 0 Å². The highest BCUT2D eigenvalue weighted by Crippen LogP contribution is 2.24. The maximum atomic E-state index is 13.5. The average Bonchev–Trinajstić information content (AvgIpc) is 2.58. The molecule has 146 valence electrons. The van der Waals surface area contributed by atoms with Crippen LogP contribution < -0.4 is 5.32 Å². The highest BCUT2D eigenvalue weighted by atomic mass is 127. The summed E-state index contributed by atoms with van der Waals surface area (Å²) in [7, 11) is 0. The van der Waals surface area contributed by atoms with E-state index < -0.39 is 0 Å². The van der Waals surface area contributed by atoms with Crippen LogP contribution in [-0.4, -0.2) is 60.9 Å². The van der Waals surface area contributed by atoms with E-state index in [-0.39, 0.29) is 41.1 Å². The van der Waals surface area contributed by atoms with Crippen molar-refractivity contribution in [1.82, 2.24) is 15.1 Å². The van der Waals surface area contributed by atoms with Crippen molar-refractivity contribution in [2.24, 2.45) is 4.99 Å². The fourth-order valence-corrected chi connectivity index (χ4v) is 2.93. The van der Waals surface area contributed by atoms with Crippen LogP contribution in [0.3, 0.4) is 0 Å². The fraction of sp³-hybridized carbons (Fsp3) is 0.579. The summed E-state index contributed by atoms with van der Waals surface area (Å²) in [6, 6.07) is 6.72. The van der Waals surface area contributed by atoms with Gasteiger partial charge in [-0.05, 0) is 24.6 Å². The molecule has 0 aromatic heterocycles. The van der Waals surface area contributed by atoms with Gasteiger partial charge in [-0.25, -0.2) is 4.39 Å². The molecule has 1 fully saturated rings. The molecule has 1 aliphatic rings. The van der Waals surface area contributed by atoms with E-state index in [4.69, 9.17) is 4.99 Å². The topological polar surface area (TPSA) is 47.9 Å². The molecule has 7 heteroatoms. The molecule has 1 aromatic rings. The normalized spacial score (nSPS) is 15.5. The Morgan fingerprint density at radius 3 is 2.38 bits per heavy atom. The number of hydrogen-bond acceptors (Lipinski definition) is 2. The van der Waals surface area contributed by atoms with E-state index in [1.54, 1.807) is 19.1 Å². The highest BCUT2D eigenvalue weighted by molar-refractivity contribution is 14.0. The van der Waals surface area contributed by atoms with Crippen LogP contribution in [0.1, 0.15) is 33.3 Å². The number of amides is 1. The van der Waals surface area contributed by atoms with E-state index in [1.165, 1.54) is 6.07 Å². The lowest BCUT2D eigenvalue weighted by molar-refractivity contribution is -0.130. The summed E-state index contributed by atoms with van der Waals surface area (Å²) in [4.78, 5) is 20.3. The minimum atomic E-state index is -0.260. The number of benzene rings is 1. The van der Waals surface area contributed by atoms with Crippen LogP contribution in [0.4, 0.5) is 4.39 Å². The second kappa shape index (κ2) is 10.1. The van der Waals surface area contributed by atoms with Crippen LogP contribution in [0.2, 0.25) is 0 Å². The Bertz CT molecular complexity index is 628. The third-order valence-corrected chi connectivity index (χ3v) is 4.59. The van der Waals surface area contributed by atoms with Gasteiger partial charge in [0.15, 0.2) is 5.96 Å². The Morgan fingerprint density at radius 1 is 1.23 bits per heavy atom. The average molecular weight is 476 g/mol. The summed E-state index contributed by atoms with van der Waals surface area (Å²) in [6.07, 6.45) is 0. The third kappa shape index (κ3) is 6.10. The van der Waals surface area contributed by atoms with Gasteiger partial charge in [-0.15, -0.1) is 24.0 Å². The molecule has 1 heterocycles. The van der Waals surface area contributed by atoms with E-state index >= 15 is 0 Å². The van der Waals surface area contributed by atoms with Crippen LogP contribution >= 0.6 is 24.0 Å². The second-order valence-electron chi connectivity index (χ2n) is 7.06. The van der Waals surface area contributed by atoms with Crippen LogP contribution in [-0.2, 0) is 10.2 Å². The third-order valence-electron chi connectivity index (χ3n) is 4.59. The maximum absolute atomic E-state index is 13.5. The Kier molecular flexibility index (Phi) is 8.79. The monoisotopic (exact) mass is 476 g/mol. The summed E-state index contributed by atoms with van der Waals surface area (Å²) in [5.74, 6) is 0.755. The van der Waals surface area contributed by atoms with Crippen molar-refractivity contribution in [3.05, 3.63) is 35.6 Å². The quantitative estimate of drug-likeness (QED) is 0.413. The predicted octanol–water partition coefficient (Wildman–Crippen LogP) is 2.85. The molecular formula is C19H30FIN4O. The van der Waals surface area contributed by atoms with Gasteiger partial charge in [-0.1, -0.05) is 26.0 Å². The summed E-state index contributed by atoms with van der Waals surface area (Å²) in [6.45, 7) is 12.1. The number of guanidine groups is 1. The molecule has 0 bridgehead atoms. The predicted molar refractivity (Wildman–Crippen MR) is 115 cm³/mol. The molecule has 0 radical (unpaired) electrons. The van der Waals surface area contributed by atoms with Gasteiger partial charge in [-0.3, -0.25) is 9.79 Å². The van der Waals surface area contributed by atoms with Gasteiger partial charge in [0.2, 0.25) is 5.91 Å². The Labute approximate surface area is 173 Å². The van der Waals surface area contributed by atoms with E-state index in [0.29, 0.717) is 19.6 Å². The lowest BCUT2D eigenvalue weighted by atomic mass is 9.85. The Balaban J connectivity index is 0.00000338. The van der Waals surface area contributed by atoms with Crippen LogP contribution in [0, 0.1) is 5.82 Å². The highest BCUT2D eigenvalue weighted by Gasteiger charge is 2.24. The van der Waals surface area contributed by atoms with Crippen molar-refractivity contribution in [3.63, 3.8) is 0 Å². The molecule has 0 unspecified atom stereocenters. The van der Waals surface area contributed by atoms with Gasteiger partial charge >= 0.3 is 0 Å². The molecule has 0 saturated carbocycles. The zero-order valence-corrected chi connectivity index (χ0v) is 18.4. The number of nitrogens with one attached hydrogen (secondary N) is 1. The molecule has 1 saturated heterocycles. The molecule has 1 amide bonds. The second-order valence-corrected chi connectivity index (χ2v) is 7.06. The Hall–Kier alpha value is -1.38. The summed E-state index contributed by atoms with van der Waals surface area (Å²) >= 11 is 0. The van der Waals surface area contributed by atoms with Crippen molar-refractivity contribution < 1.29 is 9.18 Å². The van der Waals surface area contributed by atoms with Gasteiger partial charge in [0.1, 0.15) is 5.82 Å². The number of aliphatic imine (C=N–C) groups is 1. The van der Waals surface area contributed by atoms with Crippen molar-refractivity contribution in [1.29, 1.82) is 0 Å². The SMILES string of the molecule is CCNC(=NCC(C)(C)c1cccc(F)c1)N1CCN(C(C)=O)CC1.I. The molecule has 1 aliphatic heterocycles. The first-order valence-corrected chi connectivity index (χ1v) is 8.88. The zero-order chi connectivity index (χ0) is 18.4. The minimum Gasteiger partial charge on any atom is -0.357 e. The van der Waals surface area contributed by atoms with Crippen molar-refractivity contribution in [2.45, 2.75) is 33.1 Å². The number of rotatable bonds is 4. The minimum absolute atomic E-state index is 0. The summed E-state index contributed by atoms with van der Waals surface area (Å²) in [5.41, 5.74) is 0.678. The van der Waals surface area contributed by atoms with Crippen molar-refractivity contribution >= 4 is 35.8 Å². The molecule has 0 spiro atoms. The smallest absolute Gasteiger partial charge is 0.219 e. The first-order chi connectivity index (χ1) is 11.8. The standard InChI is InChI=1S/C19H29FN4O.HI/c1-5-21-18(24-11-9-23(10-12-24)15(2)25)22-14-19(3,4)16-7-6-8-17(20)13-16;/h6-8,13H,5,9-12,14H2,1-4H3,(H,21,22);1H. The molecule has 26 heavy (non-hydrogen) atoms. The number of carbonyl (C=O) groups excluding carboxylic acids is 1.